The van der Waals surface area contributed by atoms with Crippen LogP contribution in [0.4, 0.5) is 11.4 Å². The zero-order chi connectivity index (χ0) is 13.1. The fourth-order valence-electron chi connectivity index (χ4n) is 3.18. The molecule has 20 heavy (non-hydrogen) atoms. The molecule has 0 aliphatic carbocycles. The molecule has 0 radical (unpaired) electrons. The molecule has 0 unspecified atom stereocenters. The van der Waals surface area contributed by atoms with Crippen LogP contribution in [0.1, 0.15) is 0 Å². The molecule has 1 aliphatic rings. The Labute approximate surface area is 115 Å². The van der Waals surface area contributed by atoms with Crippen LogP contribution in [-0.4, -0.2) is 0 Å². The summed E-state index contributed by atoms with van der Waals surface area (Å²) in [5.41, 5.74) is 7.08. The third-order valence-electron chi connectivity index (χ3n) is 4.11. The zero-order valence-electron chi connectivity index (χ0n) is 10.8. The minimum absolute atomic E-state index is 0.958. The van der Waals surface area contributed by atoms with Gasteiger partial charge in [-0.05, 0) is 18.2 Å². The van der Waals surface area contributed by atoms with Crippen molar-refractivity contribution >= 4 is 33.3 Å². The molecule has 0 fully saturated rings. The maximum atomic E-state index is 5.96. The van der Waals surface area contributed by atoms with Gasteiger partial charge in [0.25, 0.3) is 0 Å². The van der Waals surface area contributed by atoms with Crippen molar-refractivity contribution < 1.29 is 9.73 Å². The van der Waals surface area contributed by atoms with Gasteiger partial charge in [0.05, 0.1) is 0 Å². The van der Waals surface area contributed by atoms with Gasteiger partial charge in [-0.1, -0.05) is 30.3 Å². The van der Waals surface area contributed by atoms with Gasteiger partial charge in [-0.3, -0.25) is 5.32 Å². The second kappa shape index (κ2) is 3.50. The maximum Gasteiger partial charge on any atom is 0.146 e. The van der Waals surface area contributed by atoms with E-state index in [4.69, 9.17) is 4.42 Å². The number of quaternary nitrogens is 1. The Hall–Kier alpha value is -2.58. The molecule has 0 atom stereocenters. The Kier molecular flexibility index (Phi) is 1.79. The van der Waals surface area contributed by atoms with Crippen molar-refractivity contribution in [3.8, 4) is 11.1 Å². The summed E-state index contributed by atoms with van der Waals surface area (Å²) in [4.78, 5) is 0. The molecule has 4 aromatic rings. The van der Waals surface area contributed by atoms with E-state index in [1.165, 1.54) is 33.3 Å². The molecule has 0 saturated heterocycles. The van der Waals surface area contributed by atoms with Crippen molar-refractivity contribution in [1.29, 1.82) is 0 Å². The van der Waals surface area contributed by atoms with Gasteiger partial charge in [0.1, 0.15) is 22.5 Å². The van der Waals surface area contributed by atoms with E-state index in [9.17, 15) is 0 Å². The van der Waals surface area contributed by atoms with Gasteiger partial charge in [-0.2, -0.15) is 0 Å². The average Bonchev–Trinajstić information content (AvgIpc) is 3.02. The van der Waals surface area contributed by atoms with Crippen molar-refractivity contribution in [3.63, 3.8) is 0 Å². The normalized spacial score (nSPS) is 12.8. The highest BCUT2D eigenvalue weighted by atomic mass is 16.3. The van der Waals surface area contributed by atoms with Crippen LogP contribution in [-0.2, 0) is 0 Å². The highest BCUT2D eigenvalue weighted by Crippen LogP contribution is 2.40. The number of furan rings is 1. The Balaban J connectivity index is 1.91. The number of fused-ring (bicyclic) bond motifs is 6. The molecule has 0 bridgehead atoms. The summed E-state index contributed by atoms with van der Waals surface area (Å²) < 4.78 is 5.96. The van der Waals surface area contributed by atoms with E-state index >= 15 is 0 Å². The van der Waals surface area contributed by atoms with E-state index < -0.39 is 0 Å². The van der Waals surface area contributed by atoms with Crippen LogP contribution in [0.15, 0.2) is 65.1 Å². The Morgan fingerprint density at radius 2 is 1.50 bits per heavy atom. The maximum absolute atomic E-state index is 5.96. The third kappa shape index (κ3) is 1.21. The van der Waals surface area contributed by atoms with Gasteiger partial charge in [-0.15, -0.1) is 0 Å². The van der Waals surface area contributed by atoms with Crippen molar-refractivity contribution in [2.24, 2.45) is 0 Å². The molecule has 0 spiro atoms. The Morgan fingerprint density at radius 3 is 2.50 bits per heavy atom. The summed E-state index contributed by atoms with van der Waals surface area (Å²) in [6.45, 7) is 0. The highest BCUT2D eigenvalue weighted by molar-refractivity contribution is 6.08. The van der Waals surface area contributed by atoms with Gasteiger partial charge >= 0.3 is 0 Å². The first-order valence-corrected chi connectivity index (χ1v) is 6.79. The van der Waals surface area contributed by atoms with E-state index in [0.717, 1.165) is 11.2 Å². The first kappa shape index (κ1) is 10.2. The number of para-hydroxylation sites is 2. The number of nitrogens with two attached hydrogens (primary N) is 1. The van der Waals surface area contributed by atoms with Crippen molar-refractivity contribution in [3.05, 3.63) is 60.7 Å². The molecular formula is C18H12NO+. The topological polar surface area (TPSA) is 29.8 Å². The smallest absolute Gasteiger partial charge is 0.146 e. The first-order valence-electron chi connectivity index (χ1n) is 6.79. The van der Waals surface area contributed by atoms with E-state index in [-0.39, 0.29) is 0 Å². The lowest BCUT2D eigenvalue weighted by Gasteiger charge is -1.95. The van der Waals surface area contributed by atoms with Crippen LogP contribution in [0.2, 0.25) is 0 Å². The number of hydrogen-bond acceptors (Lipinski definition) is 1. The third-order valence-corrected chi connectivity index (χ3v) is 4.11. The summed E-state index contributed by atoms with van der Waals surface area (Å²) in [5, 5.41) is 4.62. The quantitative estimate of drug-likeness (QED) is 0.416. The Bertz CT molecular complexity index is 981. The minimum Gasteiger partial charge on any atom is -0.456 e. The van der Waals surface area contributed by atoms with E-state index in [2.05, 4.69) is 53.8 Å². The summed E-state index contributed by atoms with van der Waals surface area (Å²) in [7, 11) is 0. The number of rotatable bonds is 0. The molecule has 0 amide bonds. The Morgan fingerprint density at radius 1 is 0.650 bits per heavy atom. The molecular weight excluding hydrogens is 246 g/mol. The number of hydrogen-bond donors (Lipinski definition) is 1. The molecule has 2 heteroatoms. The van der Waals surface area contributed by atoms with Gasteiger partial charge < -0.3 is 4.42 Å². The fourth-order valence-corrected chi connectivity index (χ4v) is 3.18. The van der Waals surface area contributed by atoms with Crippen molar-refractivity contribution in [2.75, 3.05) is 0 Å². The predicted molar refractivity (Wildman–Crippen MR) is 80.4 cm³/mol. The average molecular weight is 258 g/mol. The lowest BCUT2D eigenvalue weighted by atomic mass is 10.0. The fraction of sp³-hybridized carbons (Fsp3) is 0. The van der Waals surface area contributed by atoms with Crippen LogP contribution >= 0.6 is 0 Å². The van der Waals surface area contributed by atoms with Crippen LogP contribution in [0.25, 0.3) is 33.1 Å². The molecule has 1 aromatic heterocycles. The standard InChI is InChI=1S/C18H11NO/c1-3-7-15-11(5-1)13-9-14-12-6-2-4-8-17(12)20-18(14)10-16(13)19-15/h1-10,19H/p+1. The van der Waals surface area contributed by atoms with Crippen LogP contribution in [0, 0.1) is 0 Å². The van der Waals surface area contributed by atoms with Crippen LogP contribution in [0.5, 0.6) is 0 Å². The van der Waals surface area contributed by atoms with Crippen LogP contribution in [0.3, 0.4) is 0 Å². The molecule has 2 heterocycles. The lowest BCUT2D eigenvalue weighted by Crippen LogP contribution is -2.69. The van der Waals surface area contributed by atoms with Crippen molar-refractivity contribution in [1.82, 2.24) is 0 Å². The highest BCUT2D eigenvalue weighted by Gasteiger charge is 2.24. The zero-order valence-corrected chi connectivity index (χ0v) is 10.8. The van der Waals surface area contributed by atoms with Gasteiger partial charge in [-0.25, -0.2) is 0 Å². The number of benzene rings is 3. The van der Waals surface area contributed by atoms with Gasteiger partial charge in [0, 0.05) is 34.0 Å². The lowest BCUT2D eigenvalue weighted by molar-refractivity contribution is -0.473. The SMILES string of the molecule is c1ccc2c(c1)[NH2+]c1cc3oc4ccccc4c3cc1-2. The summed E-state index contributed by atoms with van der Waals surface area (Å²) in [5.74, 6) is 0. The van der Waals surface area contributed by atoms with Crippen LogP contribution < -0.4 is 5.32 Å². The van der Waals surface area contributed by atoms with E-state index in [0.29, 0.717) is 0 Å². The predicted octanol–water partition coefficient (Wildman–Crippen LogP) is 4.09. The molecule has 1 aliphatic heterocycles. The molecule has 94 valence electrons. The summed E-state index contributed by atoms with van der Waals surface area (Å²) in [6.07, 6.45) is 0. The first-order chi connectivity index (χ1) is 9.90. The second-order valence-electron chi connectivity index (χ2n) is 5.27. The molecule has 0 saturated carbocycles. The molecule has 2 nitrogen and oxygen atoms in total. The molecule has 5 rings (SSSR count). The van der Waals surface area contributed by atoms with E-state index in [1.54, 1.807) is 0 Å². The largest absolute Gasteiger partial charge is 0.456 e. The minimum atomic E-state index is 0.958. The summed E-state index contributed by atoms with van der Waals surface area (Å²) >= 11 is 0. The second-order valence-corrected chi connectivity index (χ2v) is 5.27. The molecule has 2 N–H and O–H groups in total. The summed E-state index contributed by atoms with van der Waals surface area (Å²) in [6, 6.07) is 21.2. The molecule has 3 aromatic carbocycles. The van der Waals surface area contributed by atoms with Gasteiger partial charge in [0.15, 0.2) is 0 Å². The van der Waals surface area contributed by atoms with E-state index in [1.807, 2.05) is 12.1 Å². The van der Waals surface area contributed by atoms with Crippen molar-refractivity contribution in [2.45, 2.75) is 0 Å². The monoisotopic (exact) mass is 258 g/mol. The van der Waals surface area contributed by atoms with Gasteiger partial charge in [0.2, 0.25) is 0 Å².